The zero-order valence-corrected chi connectivity index (χ0v) is 9.84. The van der Waals surface area contributed by atoms with E-state index in [2.05, 4.69) is 13.0 Å². The number of hydrogen-bond donors (Lipinski definition) is 1. The molecule has 1 aliphatic rings. The molecule has 1 aromatic rings. The summed E-state index contributed by atoms with van der Waals surface area (Å²) < 4.78 is 11.5. The largest absolute Gasteiger partial charge is 0.396 e. The Balaban J connectivity index is 2.09. The van der Waals surface area contributed by atoms with Gasteiger partial charge >= 0.3 is 0 Å². The zero-order chi connectivity index (χ0) is 10.9. The molecule has 1 aromatic heterocycles. The molecule has 2 rings (SSSR count). The SMILES string of the molecule is Cc1ccc(C2(C)OCC(CCO)O2)s1. The summed E-state index contributed by atoms with van der Waals surface area (Å²) in [5, 5.41) is 8.84. The lowest BCUT2D eigenvalue weighted by Crippen LogP contribution is -2.22. The van der Waals surface area contributed by atoms with Crippen LogP contribution in [0.25, 0.3) is 0 Å². The maximum Gasteiger partial charge on any atom is 0.201 e. The van der Waals surface area contributed by atoms with Crippen LogP contribution in [0.2, 0.25) is 0 Å². The zero-order valence-electron chi connectivity index (χ0n) is 9.03. The van der Waals surface area contributed by atoms with Crippen LogP contribution in [0.1, 0.15) is 23.1 Å². The minimum atomic E-state index is -0.612. The molecule has 15 heavy (non-hydrogen) atoms. The smallest absolute Gasteiger partial charge is 0.201 e. The summed E-state index contributed by atoms with van der Waals surface area (Å²) in [4.78, 5) is 2.35. The Bertz CT molecular complexity index is 336. The lowest BCUT2D eigenvalue weighted by atomic mass is 10.2. The van der Waals surface area contributed by atoms with E-state index >= 15 is 0 Å². The normalized spacial score (nSPS) is 31.0. The highest BCUT2D eigenvalue weighted by Crippen LogP contribution is 2.38. The number of aliphatic hydroxyl groups is 1. The molecule has 4 heteroatoms. The molecule has 0 spiro atoms. The van der Waals surface area contributed by atoms with E-state index in [1.807, 2.05) is 13.0 Å². The van der Waals surface area contributed by atoms with Crippen molar-refractivity contribution in [2.75, 3.05) is 13.2 Å². The molecule has 1 fully saturated rings. The molecule has 0 aliphatic carbocycles. The van der Waals surface area contributed by atoms with Gasteiger partial charge < -0.3 is 14.6 Å². The Morgan fingerprint density at radius 3 is 3.00 bits per heavy atom. The van der Waals surface area contributed by atoms with Crippen LogP contribution in [-0.4, -0.2) is 24.4 Å². The van der Waals surface area contributed by atoms with Gasteiger partial charge in [-0.25, -0.2) is 0 Å². The molecule has 84 valence electrons. The fourth-order valence-corrected chi connectivity index (χ4v) is 2.64. The fourth-order valence-electron chi connectivity index (χ4n) is 1.73. The summed E-state index contributed by atoms with van der Waals surface area (Å²) >= 11 is 1.69. The van der Waals surface area contributed by atoms with Crippen LogP contribution in [0, 0.1) is 6.92 Å². The van der Waals surface area contributed by atoms with Gasteiger partial charge in [0, 0.05) is 11.5 Å². The van der Waals surface area contributed by atoms with Crippen LogP contribution in [0.3, 0.4) is 0 Å². The van der Waals surface area contributed by atoms with Crippen LogP contribution < -0.4 is 0 Å². The van der Waals surface area contributed by atoms with Gasteiger partial charge in [0.2, 0.25) is 5.79 Å². The van der Waals surface area contributed by atoms with E-state index in [4.69, 9.17) is 14.6 Å². The fraction of sp³-hybridized carbons (Fsp3) is 0.636. The van der Waals surface area contributed by atoms with Crippen molar-refractivity contribution in [3.05, 3.63) is 21.9 Å². The quantitative estimate of drug-likeness (QED) is 0.860. The summed E-state index contributed by atoms with van der Waals surface area (Å²) in [5.74, 6) is -0.612. The molecule has 2 unspecified atom stereocenters. The van der Waals surface area contributed by atoms with Crippen molar-refractivity contribution >= 4 is 11.3 Å². The molecule has 1 N–H and O–H groups in total. The van der Waals surface area contributed by atoms with Gasteiger partial charge in [-0.2, -0.15) is 0 Å². The molecule has 0 amide bonds. The van der Waals surface area contributed by atoms with E-state index in [0.717, 1.165) is 4.88 Å². The molecule has 1 saturated heterocycles. The third-order valence-electron chi connectivity index (χ3n) is 2.58. The average Bonchev–Trinajstić information content (AvgIpc) is 2.75. The number of aliphatic hydroxyl groups excluding tert-OH is 1. The summed E-state index contributed by atoms with van der Waals surface area (Å²) in [6.07, 6.45) is 0.655. The van der Waals surface area contributed by atoms with E-state index < -0.39 is 5.79 Å². The second-order valence-electron chi connectivity index (χ2n) is 3.92. The van der Waals surface area contributed by atoms with Gasteiger partial charge in [-0.05, 0) is 32.4 Å². The van der Waals surface area contributed by atoms with Gasteiger partial charge in [-0.1, -0.05) is 0 Å². The third kappa shape index (κ3) is 2.23. The lowest BCUT2D eigenvalue weighted by Gasteiger charge is -2.21. The molecule has 0 bridgehead atoms. The molecule has 3 nitrogen and oxygen atoms in total. The maximum absolute atomic E-state index is 8.84. The van der Waals surface area contributed by atoms with Crippen molar-refractivity contribution in [3.63, 3.8) is 0 Å². The molecule has 0 aromatic carbocycles. The van der Waals surface area contributed by atoms with Crippen molar-refractivity contribution in [2.24, 2.45) is 0 Å². The Hall–Kier alpha value is -0.420. The molecular formula is C11H16O3S. The number of ether oxygens (including phenoxy) is 2. The highest BCUT2D eigenvalue weighted by atomic mass is 32.1. The summed E-state index contributed by atoms with van der Waals surface area (Å²) in [6, 6.07) is 4.11. The minimum Gasteiger partial charge on any atom is -0.396 e. The van der Waals surface area contributed by atoms with Gasteiger partial charge in [0.25, 0.3) is 0 Å². The van der Waals surface area contributed by atoms with Crippen LogP contribution in [0.5, 0.6) is 0 Å². The molecular weight excluding hydrogens is 212 g/mol. The first-order chi connectivity index (χ1) is 7.14. The summed E-state index contributed by atoms with van der Waals surface area (Å²) in [6.45, 7) is 4.72. The lowest BCUT2D eigenvalue weighted by molar-refractivity contribution is -0.160. The van der Waals surface area contributed by atoms with E-state index in [1.165, 1.54) is 4.88 Å². The first-order valence-corrected chi connectivity index (χ1v) is 5.95. The van der Waals surface area contributed by atoms with E-state index in [1.54, 1.807) is 11.3 Å². The van der Waals surface area contributed by atoms with Gasteiger partial charge in [-0.3, -0.25) is 0 Å². The average molecular weight is 228 g/mol. The number of thiophene rings is 1. The van der Waals surface area contributed by atoms with Crippen molar-refractivity contribution < 1.29 is 14.6 Å². The minimum absolute atomic E-state index is 0.0161. The number of hydrogen-bond acceptors (Lipinski definition) is 4. The first-order valence-electron chi connectivity index (χ1n) is 5.13. The molecule has 0 saturated carbocycles. The second-order valence-corrected chi connectivity index (χ2v) is 5.21. The predicted molar refractivity (Wildman–Crippen MR) is 58.9 cm³/mol. The Kier molecular flexibility index (Phi) is 3.11. The number of rotatable bonds is 3. The van der Waals surface area contributed by atoms with Gasteiger partial charge in [0.05, 0.1) is 17.6 Å². The molecule has 2 atom stereocenters. The first kappa shape index (κ1) is 11.1. The van der Waals surface area contributed by atoms with E-state index in [9.17, 15) is 0 Å². The predicted octanol–water partition coefficient (Wildman–Crippen LogP) is 2.03. The maximum atomic E-state index is 8.84. The highest BCUT2D eigenvalue weighted by Gasteiger charge is 2.39. The Morgan fingerprint density at radius 1 is 1.60 bits per heavy atom. The standard InChI is InChI=1S/C11H16O3S/c1-8-3-4-10(15-8)11(2)13-7-9(14-11)5-6-12/h3-4,9,12H,5-7H2,1-2H3. The summed E-state index contributed by atoms with van der Waals surface area (Å²) in [5.41, 5.74) is 0. The summed E-state index contributed by atoms with van der Waals surface area (Å²) in [7, 11) is 0. The van der Waals surface area contributed by atoms with E-state index in [-0.39, 0.29) is 12.7 Å². The van der Waals surface area contributed by atoms with Crippen LogP contribution in [0.4, 0.5) is 0 Å². The molecule has 2 heterocycles. The van der Waals surface area contributed by atoms with Crippen molar-refractivity contribution in [1.29, 1.82) is 0 Å². The van der Waals surface area contributed by atoms with Gasteiger partial charge in [0.1, 0.15) is 0 Å². The van der Waals surface area contributed by atoms with Crippen molar-refractivity contribution in [3.8, 4) is 0 Å². The molecule has 0 radical (unpaired) electrons. The Morgan fingerprint density at radius 2 is 2.40 bits per heavy atom. The monoisotopic (exact) mass is 228 g/mol. The molecule has 1 aliphatic heterocycles. The van der Waals surface area contributed by atoms with Crippen LogP contribution in [-0.2, 0) is 15.3 Å². The number of aryl methyl sites for hydroxylation is 1. The van der Waals surface area contributed by atoms with Crippen molar-refractivity contribution in [1.82, 2.24) is 0 Å². The van der Waals surface area contributed by atoms with Crippen LogP contribution in [0.15, 0.2) is 12.1 Å². The van der Waals surface area contributed by atoms with Crippen LogP contribution >= 0.6 is 11.3 Å². The van der Waals surface area contributed by atoms with E-state index in [0.29, 0.717) is 13.0 Å². The topological polar surface area (TPSA) is 38.7 Å². The second kappa shape index (κ2) is 4.22. The third-order valence-corrected chi connectivity index (χ3v) is 3.76. The van der Waals surface area contributed by atoms with Gasteiger partial charge in [0.15, 0.2) is 0 Å². The highest BCUT2D eigenvalue weighted by molar-refractivity contribution is 7.12. The Labute approximate surface area is 93.6 Å². The van der Waals surface area contributed by atoms with Crippen molar-refractivity contribution in [2.45, 2.75) is 32.2 Å². The van der Waals surface area contributed by atoms with Gasteiger partial charge in [-0.15, -0.1) is 11.3 Å².